The molecule has 0 saturated carbocycles. The first-order valence-corrected chi connectivity index (χ1v) is 5.44. The lowest BCUT2D eigenvalue weighted by Gasteiger charge is -1.99. The number of fused-ring (bicyclic) bond motifs is 1. The smallest absolute Gasteiger partial charge is 0.132 e. The van der Waals surface area contributed by atoms with E-state index < -0.39 is 0 Å². The van der Waals surface area contributed by atoms with Gasteiger partial charge in [-0.3, -0.25) is 0 Å². The number of para-hydroxylation sites is 1. The molecular formula is C13H12N4. The Balaban J connectivity index is 1.97. The van der Waals surface area contributed by atoms with E-state index in [0.717, 1.165) is 11.3 Å². The second-order valence-electron chi connectivity index (χ2n) is 3.97. The summed E-state index contributed by atoms with van der Waals surface area (Å²) in [6.07, 6.45) is 5.99. The Morgan fingerprint density at radius 1 is 1.12 bits per heavy atom. The van der Waals surface area contributed by atoms with Crippen LogP contribution in [0.5, 0.6) is 0 Å². The number of nitrogens with two attached hydrogens (primary N) is 1. The molecule has 3 rings (SSSR count). The van der Waals surface area contributed by atoms with Crippen molar-refractivity contribution in [1.29, 1.82) is 0 Å². The van der Waals surface area contributed by atoms with Crippen molar-refractivity contribution in [2.75, 3.05) is 5.73 Å². The first kappa shape index (κ1) is 9.84. The zero-order chi connectivity index (χ0) is 11.7. The number of nitrogens with one attached hydrogen (secondary N) is 1. The standard InChI is InChI=1S/C13H12N4/c14-10-7-16-13(17-8-10)5-9-6-15-12-4-2-1-3-11(9)12/h1-4,6-8,15H,5,14H2. The van der Waals surface area contributed by atoms with Gasteiger partial charge in [-0.2, -0.15) is 0 Å². The average molecular weight is 224 g/mol. The van der Waals surface area contributed by atoms with Gasteiger partial charge in [0.2, 0.25) is 0 Å². The number of rotatable bonds is 2. The van der Waals surface area contributed by atoms with E-state index in [4.69, 9.17) is 5.73 Å². The van der Waals surface area contributed by atoms with Crippen LogP contribution < -0.4 is 5.73 Å². The van der Waals surface area contributed by atoms with Crippen molar-refractivity contribution in [3.05, 3.63) is 54.2 Å². The molecule has 0 fully saturated rings. The molecule has 2 aromatic heterocycles. The lowest BCUT2D eigenvalue weighted by atomic mass is 10.1. The molecule has 0 aliphatic rings. The predicted molar refractivity (Wildman–Crippen MR) is 67.5 cm³/mol. The van der Waals surface area contributed by atoms with Crippen LogP contribution in [0.2, 0.25) is 0 Å². The molecule has 0 unspecified atom stereocenters. The molecule has 0 atom stereocenters. The van der Waals surface area contributed by atoms with Crippen LogP contribution in [0.25, 0.3) is 10.9 Å². The van der Waals surface area contributed by atoms with Crippen LogP contribution in [-0.2, 0) is 6.42 Å². The Labute approximate surface area is 98.5 Å². The maximum absolute atomic E-state index is 5.56. The maximum atomic E-state index is 5.56. The van der Waals surface area contributed by atoms with Gasteiger partial charge in [0.15, 0.2) is 0 Å². The average Bonchev–Trinajstić information content (AvgIpc) is 2.76. The van der Waals surface area contributed by atoms with E-state index >= 15 is 0 Å². The van der Waals surface area contributed by atoms with Gasteiger partial charge < -0.3 is 10.7 Å². The second-order valence-corrected chi connectivity index (χ2v) is 3.97. The van der Waals surface area contributed by atoms with Gasteiger partial charge in [0, 0.05) is 23.5 Å². The molecule has 0 radical (unpaired) electrons. The van der Waals surface area contributed by atoms with Gasteiger partial charge >= 0.3 is 0 Å². The van der Waals surface area contributed by atoms with Crippen LogP contribution >= 0.6 is 0 Å². The van der Waals surface area contributed by atoms with Crippen LogP contribution in [-0.4, -0.2) is 15.0 Å². The van der Waals surface area contributed by atoms with E-state index in [0.29, 0.717) is 12.1 Å². The van der Waals surface area contributed by atoms with E-state index in [-0.39, 0.29) is 0 Å². The zero-order valence-corrected chi connectivity index (χ0v) is 9.22. The highest BCUT2D eigenvalue weighted by Crippen LogP contribution is 2.19. The highest BCUT2D eigenvalue weighted by atomic mass is 14.9. The summed E-state index contributed by atoms with van der Waals surface area (Å²) in [5, 5.41) is 1.22. The lowest BCUT2D eigenvalue weighted by Crippen LogP contribution is -1.97. The minimum absolute atomic E-state index is 0.590. The molecule has 4 heteroatoms. The molecule has 0 aliphatic carbocycles. The predicted octanol–water partition coefficient (Wildman–Crippen LogP) is 2.13. The van der Waals surface area contributed by atoms with Gasteiger partial charge in [-0.15, -0.1) is 0 Å². The number of hydrogen-bond acceptors (Lipinski definition) is 3. The minimum Gasteiger partial charge on any atom is -0.396 e. The molecule has 1 aromatic carbocycles. The number of nitrogen functional groups attached to an aromatic ring is 1. The van der Waals surface area contributed by atoms with Crippen molar-refractivity contribution in [3.63, 3.8) is 0 Å². The molecule has 0 spiro atoms. The number of aromatic amines is 1. The Bertz CT molecular complexity index is 640. The van der Waals surface area contributed by atoms with Crippen molar-refractivity contribution >= 4 is 16.6 Å². The van der Waals surface area contributed by atoms with Gasteiger partial charge in [0.1, 0.15) is 5.82 Å². The number of anilines is 1. The molecular weight excluding hydrogens is 212 g/mol. The fraction of sp³-hybridized carbons (Fsp3) is 0.0769. The minimum atomic E-state index is 0.590. The normalized spacial score (nSPS) is 10.8. The van der Waals surface area contributed by atoms with Crippen LogP contribution in [0, 0.1) is 0 Å². The number of H-pyrrole nitrogens is 1. The van der Waals surface area contributed by atoms with E-state index in [1.54, 1.807) is 12.4 Å². The van der Waals surface area contributed by atoms with Gasteiger partial charge in [-0.1, -0.05) is 18.2 Å². The first-order chi connectivity index (χ1) is 8.33. The molecule has 0 bridgehead atoms. The zero-order valence-electron chi connectivity index (χ0n) is 9.22. The third-order valence-corrected chi connectivity index (χ3v) is 2.75. The molecule has 84 valence electrons. The largest absolute Gasteiger partial charge is 0.396 e. The third-order valence-electron chi connectivity index (χ3n) is 2.75. The van der Waals surface area contributed by atoms with Crippen molar-refractivity contribution in [2.45, 2.75) is 6.42 Å². The summed E-state index contributed by atoms with van der Waals surface area (Å²) in [7, 11) is 0. The summed E-state index contributed by atoms with van der Waals surface area (Å²) in [6.45, 7) is 0. The summed E-state index contributed by atoms with van der Waals surface area (Å²) in [6, 6.07) is 8.20. The van der Waals surface area contributed by atoms with E-state index in [1.165, 1.54) is 10.9 Å². The van der Waals surface area contributed by atoms with Crippen molar-refractivity contribution < 1.29 is 0 Å². The molecule has 0 saturated heterocycles. The van der Waals surface area contributed by atoms with Crippen LogP contribution in [0.15, 0.2) is 42.9 Å². The first-order valence-electron chi connectivity index (χ1n) is 5.44. The van der Waals surface area contributed by atoms with Crippen molar-refractivity contribution in [3.8, 4) is 0 Å². The molecule has 17 heavy (non-hydrogen) atoms. The Hall–Kier alpha value is -2.36. The van der Waals surface area contributed by atoms with Crippen molar-refractivity contribution in [2.24, 2.45) is 0 Å². The highest BCUT2D eigenvalue weighted by Gasteiger charge is 2.05. The Kier molecular flexibility index (Phi) is 2.26. The molecule has 2 heterocycles. The number of benzene rings is 1. The lowest BCUT2D eigenvalue weighted by molar-refractivity contribution is 0.975. The Morgan fingerprint density at radius 2 is 1.88 bits per heavy atom. The van der Waals surface area contributed by atoms with E-state index in [1.807, 2.05) is 18.3 Å². The van der Waals surface area contributed by atoms with Gasteiger partial charge in [0.05, 0.1) is 18.1 Å². The van der Waals surface area contributed by atoms with E-state index in [9.17, 15) is 0 Å². The summed E-state index contributed by atoms with van der Waals surface area (Å²) in [4.78, 5) is 11.7. The fourth-order valence-electron chi connectivity index (χ4n) is 1.90. The molecule has 0 aliphatic heterocycles. The Morgan fingerprint density at radius 3 is 2.71 bits per heavy atom. The molecule has 3 N–H and O–H groups in total. The van der Waals surface area contributed by atoms with Crippen LogP contribution in [0.1, 0.15) is 11.4 Å². The van der Waals surface area contributed by atoms with Crippen LogP contribution in [0.3, 0.4) is 0 Å². The van der Waals surface area contributed by atoms with Gasteiger partial charge in [-0.25, -0.2) is 9.97 Å². The number of hydrogen-bond donors (Lipinski definition) is 2. The van der Waals surface area contributed by atoms with E-state index in [2.05, 4.69) is 27.1 Å². The van der Waals surface area contributed by atoms with Gasteiger partial charge in [-0.05, 0) is 11.6 Å². The maximum Gasteiger partial charge on any atom is 0.132 e. The highest BCUT2D eigenvalue weighted by molar-refractivity contribution is 5.83. The van der Waals surface area contributed by atoms with Gasteiger partial charge in [0.25, 0.3) is 0 Å². The number of nitrogens with zero attached hydrogens (tertiary/aromatic N) is 2. The number of aromatic nitrogens is 3. The summed E-state index contributed by atoms with van der Waals surface area (Å²) in [5.74, 6) is 0.781. The summed E-state index contributed by atoms with van der Waals surface area (Å²) >= 11 is 0. The summed E-state index contributed by atoms with van der Waals surface area (Å²) < 4.78 is 0. The monoisotopic (exact) mass is 224 g/mol. The van der Waals surface area contributed by atoms with Crippen molar-refractivity contribution in [1.82, 2.24) is 15.0 Å². The third kappa shape index (κ3) is 1.85. The quantitative estimate of drug-likeness (QED) is 0.700. The second kappa shape index (κ2) is 3.90. The summed E-state index contributed by atoms with van der Waals surface area (Å²) in [5.41, 5.74) is 8.49. The topological polar surface area (TPSA) is 67.6 Å². The molecule has 3 aromatic rings. The molecule has 4 nitrogen and oxygen atoms in total. The fourth-order valence-corrected chi connectivity index (χ4v) is 1.90. The molecule has 0 amide bonds. The van der Waals surface area contributed by atoms with Crippen LogP contribution in [0.4, 0.5) is 5.69 Å². The SMILES string of the molecule is Nc1cnc(Cc2c[nH]c3ccccc23)nc1.